The molecule has 0 amide bonds. The summed E-state index contributed by atoms with van der Waals surface area (Å²) in [5, 5.41) is 0.217. The van der Waals surface area contributed by atoms with Gasteiger partial charge in [0.25, 0.3) is 0 Å². The number of rotatable bonds is 2. The predicted molar refractivity (Wildman–Crippen MR) is 79.5 cm³/mol. The monoisotopic (exact) mass is 334 g/mol. The van der Waals surface area contributed by atoms with Crippen molar-refractivity contribution in [1.29, 1.82) is 0 Å². The van der Waals surface area contributed by atoms with E-state index in [-0.39, 0.29) is 5.38 Å². The van der Waals surface area contributed by atoms with Crippen molar-refractivity contribution in [3.05, 3.63) is 44.1 Å². The number of fused-ring (bicyclic) bond motifs is 1. The maximum atomic E-state index is 6.46. The zero-order chi connectivity index (χ0) is 13.4. The van der Waals surface area contributed by atoms with Crippen molar-refractivity contribution in [3.63, 3.8) is 0 Å². The molecule has 0 bridgehead atoms. The molecular weight excluding hydrogens is 327 g/mol. The third-order valence-corrected chi connectivity index (χ3v) is 5.00. The smallest absolute Gasteiger partial charge is 0.162 e. The van der Waals surface area contributed by atoms with E-state index in [9.17, 15) is 0 Å². The van der Waals surface area contributed by atoms with Crippen LogP contribution in [0.3, 0.4) is 0 Å². The number of benzene rings is 1. The van der Waals surface area contributed by atoms with Crippen LogP contribution in [0.2, 0.25) is 9.36 Å². The van der Waals surface area contributed by atoms with Crippen LogP contribution in [0.5, 0.6) is 11.5 Å². The van der Waals surface area contributed by atoms with Gasteiger partial charge in [-0.3, -0.25) is 0 Å². The van der Waals surface area contributed by atoms with E-state index in [0.717, 1.165) is 10.4 Å². The Balaban J connectivity index is 2.00. The van der Waals surface area contributed by atoms with Gasteiger partial charge in [-0.1, -0.05) is 23.2 Å². The Kier molecular flexibility index (Phi) is 3.81. The van der Waals surface area contributed by atoms with E-state index in [1.807, 2.05) is 18.2 Å². The Morgan fingerprint density at radius 2 is 1.74 bits per heavy atom. The van der Waals surface area contributed by atoms with Crippen LogP contribution in [0.25, 0.3) is 0 Å². The van der Waals surface area contributed by atoms with E-state index in [1.165, 1.54) is 11.3 Å². The van der Waals surface area contributed by atoms with Crippen LogP contribution in [0.1, 0.15) is 15.8 Å². The van der Waals surface area contributed by atoms with Crippen molar-refractivity contribution in [3.8, 4) is 11.5 Å². The molecule has 3 rings (SSSR count). The number of hydrogen-bond donors (Lipinski definition) is 0. The minimum Gasteiger partial charge on any atom is -0.486 e. The van der Waals surface area contributed by atoms with Crippen LogP contribution in [0.4, 0.5) is 0 Å². The highest BCUT2D eigenvalue weighted by Crippen LogP contribution is 2.43. The van der Waals surface area contributed by atoms with Gasteiger partial charge in [-0.25, -0.2) is 0 Å². The summed E-state index contributed by atoms with van der Waals surface area (Å²) in [4.78, 5) is 0.949. The molecule has 19 heavy (non-hydrogen) atoms. The average molecular weight is 336 g/mol. The predicted octanol–water partition coefficient (Wildman–Crippen LogP) is 5.15. The van der Waals surface area contributed by atoms with Gasteiger partial charge in [0, 0.05) is 16.0 Å². The Hall–Kier alpha value is -0.610. The fourth-order valence-electron chi connectivity index (χ4n) is 1.89. The average Bonchev–Trinajstić information content (AvgIpc) is 2.84. The minimum absolute atomic E-state index is 0.346. The largest absolute Gasteiger partial charge is 0.486 e. The summed E-state index contributed by atoms with van der Waals surface area (Å²) >= 11 is 20.1. The maximum Gasteiger partial charge on any atom is 0.162 e. The van der Waals surface area contributed by atoms with E-state index < -0.39 is 0 Å². The molecule has 100 valence electrons. The summed E-state index contributed by atoms with van der Waals surface area (Å²) < 4.78 is 11.7. The Morgan fingerprint density at radius 3 is 2.37 bits per heavy atom. The van der Waals surface area contributed by atoms with Crippen LogP contribution in [-0.2, 0) is 0 Å². The second kappa shape index (κ2) is 5.41. The minimum atomic E-state index is -0.346. The van der Waals surface area contributed by atoms with E-state index >= 15 is 0 Å². The van der Waals surface area contributed by atoms with Gasteiger partial charge in [-0.05, 0) is 23.8 Å². The highest BCUT2D eigenvalue weighted by molar-refractivity contribution is 7.16. The fraction of sp³-hybridized carbons (Fsp3) is 0.231. The maximum absolute atomic E-state index is 6.46. The highest BCUT2D eigenvalue weighted by atomic mass is 35.5. The number of thiophene rings is 1. The van der Waals surface area contributed by atoms with Crippen molar-refractivity contribution in [2.45, 2.75) is 5.38 Å². The number of hydrogen-bond acceptors (Lipinski definition) is 3. The standard InChI is InChI=1S/C13H9Cl3O2S/c14-8-6-10-9(17-3-4-18-10)5-7(8)13(16)11-1-2-12(15)19-11/h1-2,5-6,13H,3-4H2. The fourth-order valence-corrected chi connectivity index (χ4v) is 3.66. The Bertz CT molecular complexity index is 612. The van der Waals surface area contributed by atoms with Crippen molar-refractivity contribution < 1.29 is 9.47 Å². The second-order valence-corrected chi connectivity index (χ2v) is 6.61. The molecule has 6 heteroatoms. The van der Waals surface area contributed by atoms with Crippen LogP contribution in [0.15, 0.2) is 24.3 Å². The molecular formula is C13H9Cl3O2S. The molecule has 0 radical (unpaired) electrons. The first-order chi connectivity index (χ1) is 9.15. The third-order valence-electron chi connectivity index (χ3n) is 2.78. The van der Waals surface area contributed by atoms with Crippen molar-refractivity contribution in [1.82, 2.24) is 0 Å². The Labute approximate surface area is 129 Å². The van der Waals surface area contributed by atoms with E-state index in [1.54, 1.807) is 6.07 Å². The molecule has 1 unspecified atom stereocenters. The number of ether oxygens (including phenoxy) is 2. The van der Waals surface area contributed by atoms with E-state index in [4.69, 9.17) is 44.3 Å². The molecule has 1 aliphatic heterocycles. The number of alkyl halides is 1. The molecule has 1 aliphatic rings. The number of halogens is 3. The Morgan fingerprint density at radius 1 is 1.05 bits per heavy atom. The molecule has 2 aromatic rings. The van der Waals surface area contributed by atoms with Crippen molar-refractivity contribution in [2.75, 3.05) is 13.2 Å². The van der Waals surface area contributed by atoms with Crippen molar-refractivity contribution in [2.24, 2.45) is 0 Å². The molecule has 0 saturated heterocycles. The van der Waals surface area contributed by atoms with Gasteiger partial charge in [-0.15, -0.1) is 22.9 Å². The molecule has 2 heterocycles. The van der Waals surface area contributed by atoms with Gasteiger partial charge >= 0.3 is 0 Å². The topological polar surface area (TPSA) is 18.5 Å². The molecule has 1 aromatic carbocycles. The first-order valence-corrected chi connectivity index (χ1v) is 7.64. The summed E-state index contributed by atoms with van der Waals surface area (Å²) in [5.74, 6) is 1.34. The molecule has 1 aromatic heterocycles. The highest BCUT2D eigenvalue weighted by Gasteiger charge is 2.21. The quantitative estimate of drug-likeness (QED) is 0.706. The van der Waals surface area contributed by atoms with Crippen molar-refractivity contribution >= 4 is 46.1 Å². The molecule has 0 spiro atoms. The van der Waals surface area contributed by atoms with Crippen LogP contribution in [-0.4, -0.2) is 13.2 Å². The summed E-state index contributed by atoms with van der Waals surface area (Å²) in [7, 11) is 0. The molecule has 0 aliphatic carbocycles. The van der Waals surface area contributed by atoms with Crippen LogP contribution >= 0.6 is 46.1 Å². The molecule has 0 N–H and O–H groups in total. The molecule has 0 saturated carbocycles. The first-order valence-electron chi connectivity index (χ1n) is 5.63. The lowest BCUT2D eigenvalue weighted by Gasteiger charge is -2.21. The van der Waals surface area contributed by atoms with Crippen LogP contribution in [0, 0.1) is 0 Å². The first kappa shape index (κ1) is 13.4. The second-order valence-electron chi connectivity index (χ2n) is 4.02. The van der Waals surface area contributed by atoms with E-state index in [0.29, 0.717) is 34.1 Å². The lowest BCUT2D eigenvalue weighted by molar-refractivity contribution is 0.171. The van der Waals surface area contributed by atoms with Gasteiger partial charge in [0.1, 0.15) is 13.2 Å². The molecule has 1 atom stereocenters. The summed E-state index contributed by atoms with van der Waals surface area (Å²) in [6.07, 6.45) is 0. The summed E-state index contributed by atoms with van der Waals surface area (Å²) in [5.41, 5.74) is 0.797. The zero-order valence-electron chi connectivity index (χ0n) is 9.66. The normalized spacial score (nSPS) is 15.3. The molecule has 2 nitrogen and oxygen atoms in total. The van der Waals surface area contributed by atoms with Gasteiger partial charge in [-0.2, -0.15) is 0 Å². The SMILES string of the molecule is Clc1ccc(C(Cl)c2cc3c(cc2Cl)OCCO3)s1. The third kappa shape index (κ3) is 2.65. The summed E-state index contributed by atoms with van der Waals surface area (Å²) in [6, 6.07) is 7.30. The van der Waals surface area contributed by atoms with Crippen LogP contribution < -0.4 is 9.47 Å². The summed E-state index contributed by atoms with van der Waals surface area (Å²) in [6.45, 7) is 1.07. The van der Waals surface area contributed by atoms with Gasteiger partial charge in [0.15, 0.2) is 11.5 Å². The van der Waals surface area contributed by atoms with Gasteiger partial charge in [0.2, 0.25) is 0 Å². The molecule has 0 fully saturated rings. The lowest BCUT2D eigenvalue weighted by Crippen LogP contribution is -2.15. The van der Waals surface area contributed by atoms with Gasteiger partial charge < -0.3 is 9.47 Å². The lowest BCUT2D eigenvalue weighted by atomic mass is 10.1. The van der Waals surface area contributed by atoms with E-state index in [2.05, 4.69) is 0 Å². The van der Waals surface area contributed by atoms with Gasteiger partial charge in [0.05, 0.1) is 9.71 Å². The zero-order valence-corrected chi connectivity index (χ0v) is 12.7.